The molecule has 1 aliphatic rings. The second-order valence-corrected chi connectivity index (χ2v) is 5.79. The van der Waals surface area contributed by atoms with Gasteiger partial charge in [0.25, 0.3) is 0 Å². The highest BCUT2D eigenvalue weighted by Gasteiger charge is 2.21. The van der Waals surface area contributed by atoms with Crippen molar-refractivity contribution in [3.05, 3.63) is 41.7 Å². The third-order valence-electron chi connectivity index (χ3n) is 4.28. The Labute approximate surface area is 146 Å². The number of Topliss-reactive ketones (excluding diaryl/α,β-unsaturated/α-hetero) is 1. The van der Waals surface area contributed by atoms with E-state index in [2.05, 4.69) is 25.8 Å². The zero-order valence-corrected chi connectivity index (χ0v) is 14.3. The van der Waals surface area contributed by atoms with Gasteiger partial charge < -0.3 is 14.5 Å². The molecule has 0 spiro atoms. The van der Waals surface area contributed by atoms with Crippen molar-refractivity contribution in [1.29, 1.82) is 5.26 Å². The van der Waals surface area contributed by atoms with Crippen molar-refractivity contribution in [2.45, 2.75) is 6.92 Å². The van der Waals surface area contributed by atoms with Gasteiger partial charge in [-0.1, -0.05) is 0 Å². The SMILES string of the molecule is COc1cncc(N2CCN(c3cc(C(C)=O)ccc3C#N)CC2)n1. The summed E-state index contributed by atoms with van der Waals surface area (Å²) in [6.45, 7) is 4.49. The summed E-state index contributed by atoms with van der Waals surface area (Å²) in [4.78, 5) is 24.5. The first-order valence-electron chi connectivity index (χ1n) is 8.03. The Morgan fingerprint density at radius 1 is 1.20 bits per heavy atom. The Kier molecular flexibility index (Phi) is 4.80. The van der Waals surface area contributed by atoms with E-state index in [4.69, 9.17) is 4.74 Å². The zero-order valence-electron chi connectivity index (χ0n) is 14.3. The van der Waals surface area contributed by atoms with Crippen molar-refractivity contribution in [2.75, 3.05) is 43.1 Å². The Morgan fingerprint density at radius 3 is 2.56 bits per heavy atom. The van der Waals surface area contributed by atoms with Crippen LogP contribution in [-0.2, 0) is 0 Å². The van der Waals surface area contributed by atoms with E-state index in [1.807, 2.05) is 6.07 Å². The van der Waals surface area contributed by atoms with Gasteiger partial charge in [0.2, 0.25) is 5.88 Å². The molecule has 0 N–H and O–H groups in total. The van der Waals surface area contributed by atoms with Gasteiger partial charge in [-0.3, -0.25) is 9.78 Å². The highest BCUT2D eigenvalue weighted by atomic mass is 16.5. The number of benzene rings is 1. The number of carbonyl (C=O) groups excluding carboxylic acids is 1. The summed E-state index contributed by atoms with van der Waals surface area (Å²) >= 11 is 0. The second kappa shape index (κ2) is 7.18. The predicted octanol–water partition coefficient (Wildman–Crippen LogP) is 1.89. The van der Waals surface area contributed by atoms with E-state index in [1.54, 1.807) is 31.6 Å². The minimum absolute atomic E-state index is 0.00368. The fourth-order valence-electron chi connectivity index (χ4n) is 2.87. The lowest BCUT2D eigenvalue weighted by molar-refractivity contribution is 0.101. The van der Waals surface area contributed by atoms with E-state index in [0.717, 1.165) is 37.7 Å². The maximum absolute atomic E-state index is 11.6. The molecule has 0 saturated carbocycles. The van der Waals surface area contributed by atoms with Gasteiger partial charge in [0.05, 0.1) is 30.8 Å². The number of nitrogens with zero attached hydrogens (tertiary/aromatic N) is 5. The van der Waals surface area contributed by atoms with Gasteiger partial charge in [-0.2, -0.15) is 10.2 Å². The molecule has 25 heavy (non-hydrogen) atoms. The molecule has 3 rings (SSSR count). The smallest absolute Gasteiger partial charge is 0.233 e. The molecule has 7 heteroatoms. The van der Waals surface area contributed by atoms with Crippen LogP contribution in [-0.4, -0.2) is 49.0 Å². The quantitative estimate of drug-likeness (QED) is 0.788. The van der Waals surface area contributed by atoms with E-state index < -0.39 is 0 Å². The van der Waals surface area contributed by atoms with Crippen molar-refractivity contribution in [3.8, 4) is 11.9 Å². The number of nitriles is 1. The maximum Gasteiger partial charge on any atom is 0.233 e. The molecule has 1 aromatic carbocycles. The molecule has 0 aliphatic carbocycles. The van der Waals surface area contributed by atoms with E-state index in [0.29, 0.717) is 17.0 Å². The molecule has 1 aromatic heterocycles. The topological polar surface area (TPSA) is 82.4 Å². The molecule has 0 amide bonds. The molecule has 1 fully saturated rings. The molecule has 0 unspecified atom stereocenters. The third-order valence-corrected chi connectivity index (χ3v) is 4.28. The first kappa shape index (κ1) is 16.7. The fraction of sp³-hybridized carbons (Fsp3) is 0.333. The molecule has 0 atom stereocenters. The minimum Gasteiger partial charge on any atom is -0.480 e. The number of carbonyl (C=O) groups is 1. The second-order valence-electron chi connectivity index (χ2n) is 5.79. The van der Waals surface area contributed by atoms with Gasteiger partial charge in [0.15, 0.2) is 11.6 Å². The van der Waals surface area contributed by atoms with Crippen LogP contribution in [0.3, 0.4) is 0 Å². The van der Waals surface area contributed by atoms with Gasteiger partial charge >= 0.3 is 0 Å². The monoisotopic (exact) mass is 337 g/mol. The summed E-state index contributed by atoms with van der Waals surface area (Å²) in [5.74, 6) is 1.26. The Balaban J connectivity index is 1.77. The number of aromatic nitrogens is 2. The van der Waals surface area contributed by atoms with Gasteiger partial charge in [0.1, 0.15) is 6.07 Å². The molecule has 0 radical (unpaired) electrons. The molecule has 128 valence electrons. The van der Waals surface area contributed by atoms with Gasteiger partial charge in [-0.25, -0.2) is 0 Å². The number of anilines is 2. The third kappa shape index (κ3) is 3.53. The van der Waals surface area contributed by atoms with Crippen molar-refractivity contribution in [3.63, 3.8) is 0 Å². The minimum atomic E-state index is -0.00368. The molecular formula is C18H19N5O2. The lowest BCUT2D eigenvalue weighted by Crippen LogP contribution is -2.47. The number of hydrogen-bond acceptors (Lipinski definition) is 7. The molecule has 1 saturated heterocycles. The standard InChI is InChI=1S/C18H19N5O2/c1-13(24)14-3-4-15(10-19)16(9-14)22-5-7-23(8-6-22)17-11-20-12-18(21-17)25-2/h3-4,9,11-12H,5-8H2,1-2H3. The molecule has 1 aliphatic heterocycles. The van der Waals surface area contributed by atoms with Crippen molar-refractivity contribution < 1.29 is 9.53 Å². The normalized spacial score (nSPS) is 14.1. The first-order valence-corrected chi connectivity index (χ1v) is 8.03. The Morgan fingerprint density at radius 2 is 1.92 bits per heavy atom. The van der Waals surface area contributed by atoms with Crippen molar-refractivity contribution in [1.82, 2.24) is 9.97 Å². The maximum atomic E-state index is 11.6. The molecule has 7 nitrogen and oxygen atoms in total. The van der Waals surface area contributed by atoms with Crippen LogP contribution in [0.25, 0.3) is 0 Å². The molecule has 2 aromatic rings. The summed E-state index contributed by atoms with van der Waals surface area (Å²) < 4.78 is 5.12. The number of ketones is 1. The number of methoxy groups -OCH3 is 1. The van der Waals surface area contributed by atoms with Gasteiger partial charge in [0, 0.05) is 31.7 Å². The molecular weight excluding hydrogens is 318 g/mol. The van der Waals surface area contributed by atoms with Crippen LogP contribution in [0.1, 0.15) is 22.8 Å². The highest BCUT2D eigenvalue weighted by Crippen LogP contribution is 2.25. The summed E-state index contributed by atoms with van der Waals surface area (Å²) in [6.07, 6.45) is 3.29. The Bertz CT molecular complexity index is 822. The number of hydrogen-bond donors (Lipinski definition) is 0. The van der Waals surface area contributed by atoms with Gasteiger partial charge in [-0.05, 0) is 25.1 Å². The highest BCUT2D eigenvalue weighted by molar-refractivity contribution is 5.95. The lowest BCUT2D eigenvalue weighted by Gasteiger charge is -2.37. The molecule has 2 heterocycles. The van der Waals surface area contributed by atoms with Crippen LogP contribution in [0, 0.1) is 11.3 Å². The summed E-state index contributed by atoms with van der Waals surface area (Å²) in [5.41, 5.74) is 2.02. The van der Waals surface area contributed by atoms with Crippen LogP contribution in [0.15, 0.2) is 30.6 Å². The summed E-state index contributed by atoms with van der Waals surface area (Å²) in [5, 5.41) is 9.36. The van der Waals surface area contributed by atoms with E-state index in [-0.39, 0.29) is 5.78 Å². The number of rotatable bonds is 4. The van der Waals surface area contributed by atoms with Crippen LogP contribution in [0.4, 0.5) is 11.5 Å². The van der Waals surface area contributed by atoms with Crippen LogP contribution >= 0.6 is 0 Å². The van der Waals surface area contributed by atoms with Crippen molar-refractivity contribution in [2.24, 2.45) is 0 Å². The van der Waals surface area contributed by atoms with Gasteiger partial charge in [-0.15, -0.1) is 0 Å². The zero-order chi connectivity index (χ0) is 17.8. The van der Waals surface area contributed by atoms with E-state index in [1.165, 1.54) is 6.92 Å². The fourth-order valence-corrected chi connectivity index (χ4v) is 2.87. The van der Waals surface area contributed by atoms with Crippen molar-refractivity contribution >= 4 is 17.3 Å². The van der Waals surface area contributed by atoms with E-state index >= 15 is 0 Å². The lowest BCUT2D eigenvalue weighted by atomic mass is 10.1. The average Bonchev–Trinajstić information content (AvgIpc) is 2.67. The number of ether oxygens (including phenoxy) is 1. The largest absolute Gasteiger partial charge is 0.480 e. The van der Waals surface area contributed by atoms with Crippen LogP contribution in [0.5, 0.6) is 5.88 Å². The van der Waals surface area contributed by atoms with Crippen LogP contribution < -0.4 is 14.5 Å². The first-order chi connectivity index (χ1) is 12.1. The summed E-state index contributed by atoms with van der Waals surface area (Å²) in [6, 6.07) is 7.43. The average molecular weight is 337 g/mol. The summed E-state index contributed by atoms with van der Waals surface area (Å²) in [7, 11) is 1.57. The predicted molar refractivity (Wildman–Crippen MR) is 94.2 cm³/mol. The number of piperazine rings is 1. The van der Waals surface area contributed by atoms with E-state index in [9.17, 15) is 10.1 Å². The van der Waals surface area contributed by atoms with Crippen LogP contribution in [0.2, 0.25) is 0 Å². The Hall–Kier alpha value is -3.14. The molecule has 0 bridgehead atoms.